The molecule has 19 heavy (non-hydrogen) atoms. The van der Waals surface area contributed by atoms with Crippen molar-refractivity contribution in [1.29, 1.82) is 0 Å². The van der Waals surface area contributed by atoms with E-state index >= 15 is 0 Å². The predicted molar refractivity (Wildman–Crippen MR) is 64.6 cm³/mol. The Bertz CT molecular complexity index is 534. The highest BCUT2D eigenvalue weighted by Crippen LogP contribution is 2.25. The van der Waals surface area contributed by atoms with Crippen LogP contribution in [0.3, 0.4) is 0 Å². The molecule has 0 bridgehead atoms. The van der Waals surface area contributed by atoms with Gasteiger partial charge in [0.2, 0.25) is 6.10 Å². The van der Waals surface area contributed by atoms with Crippen LogP contribution in [0.15, 0.2) is 17.7 Å². The molecule has 7 nitrogen and oxygen atoms in total. The van der Waals surface area contributed by atoms with Crippen molar-refractivity contribution < 1.29 is 19.2 Å². The highest BCUT2D eigenvalue weighted by molar-refractivity contribution is 6.34. The maximum Gasteiger partial charge on any atom is 0.351 e. The number of halogens is 1. The second-order valence-corrected chi connectivity index (χ2v) is 4.04. The van der Waals surface area contributed by atoms with Crippen molar-refractivity contribution in [2.24, 2.45) is 11.1 Å². The van der Waals surface area contributed by atoms with Gasteiger partial charge in [-0.25, -0.2) is 14.8 Å². The first-order valence-electron chi connectivity index (χ1n) is 5.50. The second kappa shape index (κ2) is 5.75. The van der Waals surface area contributed by atoms with Crippen molar-refractivity contribution in [1.82, 2.24) is 9.97 Å². The molecule has 8 heteroatoms. The summed E-state index contributed by atoms with van der Waals surface area (Å²) in [7, 11) is 0. The third kappa shape index (κ3) is 2.55. The topological polar surface area (TPSA) is 90.7 Å². The molecule has 0 saturated carbocycles. The van der Waals surface area contributed by atoms with Gasteiger partial charge in [0.05, 0.1) is 11.6 Å². The van der Waals surface area contributed by atoms with Crippen LogP contribution in [0.2, 0.25) is 5.02 Å². The third-order valence-electron chi connectivity index (χ3n) is 2.48. The summed E-state index contributed by atoms with van der Waals surface area (Å²) in [5, 5.41) is 3.94. The Morgan fingerprint density at radius 1 is 1.63 bits per heavy atom. The van der Waals surface area contributed by atoms with Crippen LogP contribution in [0, 0.1) is 5.92 Å². The normalized spacial score (nSPS) is 21.5. The molecule has 0 N–H and O–H groups in total. The van der Waals surface area contributed by atoms with Gasteiger partial charge in [-0.2, -0.15) is 0 Å². The van der Waals surface area contributed by atoms with Crippen LogP contribution in [0.1, 0.15) is 12.6 Å². The fourth-order valence-electron chi connectivity index (χ4n) is 1.64. The van der Waals surface area contributed by atoms with Crippen LogP contribution in [-0.4, -0.2) is 40.6 Å². The average molecular weight is 284 g/mol. The number of oxime groups is 1. The van der Waals surface area contributed by atoms with Crippen molar-refractivity contribution in [3.63, 3.8) is 0 Å². The first kappa shape index (κ1) is 13.4. The molecule has 0 aliphatic carbocycles. The van der Waals surface area contributed by atoms with Gasteiger partial charge >= 0.3 is 5.97 Å². The van der Waals surface area contributed by atoms with E-state index in [1.165, 1.54) is 12.5 Å². The fourth-order valence-corrected chi connectivity index (χ4v) is 1.84. The lowest BCUT2D eigenvalue weighted by molar-refractivity contribution is -0.157. The number of aldehydes is 1. The van der Waals surface area contributed by atoms with Crippen LogP contribution in [-0.2, 0) is 19.2 Å². The Labute approximate surface area is 113 Å². The number of ether oxygens (including phenoxy) is 1. The molecule has 2 unspecified atom stereocenters. The quantitative estimate of drug-likeness (QED) is 0.594. The number of nitrogens with zero attached hydrogens (tertiary/aromatic N) is 3. The van der Waals surface area contributed by atoms with Gasteiger partial charge in [-0.15, -0.1) is 0 Å². The summed E-state index contributed by atoms with van der Waals surface area (Å²) >= 11 is 5.92. The molecular weight excluding hydrogens is 274 g/mol. The lowest BCUT2D eigenvalue weighted by Gasteiger charge is -2.11. The number of carbonyl (C=O) groups excluding carboxylic acids is 2. The highest BCUT2D eigenvalue weighted by atomic mass is 35.5. The van der Waals surface area contributed by atoms with E-state index in [0.717, 1.165) is 0 Å². The Morgan fingerprint density at radius 3 is 3.05 bits per heavy atom. The summed E-state index contributed by atoms with van der Waals surface area (Å²) in [4.78, 5) is 35.4. The van der Waals surface area contributed by atoms with Gasteiger partial charge in [0.25, 0.3) is 0 Å². The molecule has 0 amide bonds. The Morgan fingerprint density at radius 2 is 2.42 bits per heavy atom. The van der Waals surface area contributed by atoms with Crippen LogP contribution in [0.4, 0.5) is 0 Å². The van der Waals surface area contributed by atoms with E-state index in [1.54, 1.807) is 6.92 Å². The number of esters is 1. The van der Waals surface area contributed by atoms with Gasteiger partial charge in [-0.05, 0) is 6.92 Å². The van der Waals surface area contributed by atoms with Crippen LogP contribution in [0.25, 0.3) is 0 Å². The van der Waals surface area contributed by atoms with Crippen LogP contribution in [0.5, 0.6) is 0 Å². The maximum atomic E-state index is 11.6. The summed E-state index contributed by atoms with van der Waals surface area (Å²) < 4.78 is 4.81. The molecule has 2 rings (SSSR count). The molecule has 0 saturated heterocycles. The van der Waals surface area contributed by atoms with E-state index in [1.807, 2.05) is 0 Å². The van der Waals surface area contributed by atoms with E-state index in [9.17, 15) is 9.59 Å². The van der Waals surface area contributed by atoms with E-state index in [0.29, 0.717) is 6.29 Å². The minimum absolute atomic E-state index is 0.188. The monoisotopic (exact) mass is 283 g/mol. The Kier molecular flexibility index (Phi) is 4.06. The number of hydrogen-bond donors (Lipinski definition) is 0. The molecule has 1 aliphatic rings. The summed E-state index contributed by atoms with van der Waals surface area (Å²) in [5.74, 6) is -1.55. The van der Waals surface area contributed by atoms with E-state index < -0.39 is 18.0 Å². The largest absolute Gasteiger partial charge is 0.463 e. The van der Waals surface area contributed by atoms with Crippen molar-refractivity contribution in [3.8, 4) is 0 Å². The number of rotatable bonds is 4. The zero-order chi connectivity index (χ0) is 13.8. The maximum absolute atomic E-state index is 11.6. The number of carbonyl (C=O) groups is 2. The minimum Gasteiger partial charge on any atom is -0.463 e. The molecule has 0 fully saturated rings. The molecule has 2 atom stereocenters. The average Bonchev–Trinajstić information content (AvgIpc) is 2.83. The van der Waals surface area contributed by atoms with E-state index in [4.69, 9.17) is 21.2 Å². The SMILES string of the molecule is CCOC(=O)C1ON=C(c2ncncc2Cl)C1C=O. The number of aromatic nitrogens is 2. The van der Waals surface area contributed by atoms with Gasteiger partial charge in [0.15, 0.2) is 0 Å². The molecule has 1 aromatic rings. The fraction of sp³-hybridized carbons (Fsp3) is 0.364. The number of hydrogen-bond acceptors (Lipinski definition) is 7. The lowest BCUT2D eigenvalue weighted by atomic mass is 9.97. The smallest absolute Gasteiger partial charge is 0.351 e. The van der Waals surface area contributed by atoms with Gasteiger partial charge < -0.3 is 14.4 Å². The standard InChI is InChI=1S/C11H10ClN3O4/c1-2-18-11(17)10-6(4-16)8(15-19-10)9-7(12)3-13-5-14-9/h3-6,10H,2H2,1H3. The second-order valence-electron chi connectivity index (χ2n) is 3.64. The zero-order valence-electron chi connectivity index (χ0n) is 9.95. The molecule has 2 heterocycles. The van der Waals surface area contributed by atoms with Crippen molar-refractivity contribution in [3.05, 3.63) is 23.2 Å². The summed E-state index contributed by atoms with van der Waals surface area (Å²) in [6.07, 6.45) is 2.10. The molecular formula is C11H10ClN3O4. The molecule has 100 valence electrons. The van der Waals surface area contributed by atoms with Gasteiger partial charge in [0.1, 0.15) is 29.9 Å². The zero-order valence-corrected chi connectivity index (χ0v) is 10.7. The molecule has 0 aromatic carbocycles. The lowest BCUT2D eigenvalue weighted by Crippen LogP contribution is -2.34. The van der Waals surface area contributed by atoms with Crippen molar-refractivity contribution in [2.75, 3.05) is 6.61 Å². The van der Waals surface area contributed by atoms with E-state index in [2.05, 4.69) is 15.1 Å². The van der Waals surface area contributed by atoms with Gasteiger partial charge in [-0.3, -0.25) is 0 Å². The molecule has 1 aromatic heterocycles. The first-order chi connectivity index (χ1) is 9.19. The van der Waals surface area contributed by atoms with Crippen LogP contribution >= 0.6 is 11.6 Å². The predicted octanol–water partition coefficient (Wildman–Crippen LogP) is 0.611. The van der Waals surface area contributed by atoms with Gasteiger partial charge in [0, 0.05) is 6.20 Å². The summed E-state index contributed by atoms with van der Waals surface area (Å²) in [6, 6.07) is 0. The molecule has 0 radical (unpaired) electrons. The third-order valence-corrected chi connectivity index (χ3v) is 2.76. The van der Waals surface area contributed by atoms with E-state index in [-0.39, 0.29) is 23.0 Å². The Balaban J connectivity index is 2.27. The van der Waals surface area contributed by atoms with Crippen LogP contribution < -0.4 is 0 Å². The van der Waals surface area contributed by atoms with Crippen molar-refractivity contribution >= 4 is 29.6 Å². The molecule has 0 spiro atoms. The molecule has 1 aliphatic heterocycles. The van der Waals surface area contributed by atoms with Gasteiger partial charge in [-0.1, -0.05) is 16.8 Å². The summed E-state index contributed by atoms with van der Waals surface area (Å²) in [6.45, 7) is 1.85. The highest BCUT2D eigenvalue weighted by Gasteiger charge is 2.42. The first-order valence-corrected chi connectivity index (χ1v) is 5.88. The van der Waals surface area contributed by atoms with Crippen molar-refractivity contribution in [2.45, 2.75) is 13.0 Å². The Hall–Kier alpha value is -2.02. The minimum atomic E-state index is -1.10. The summed E-state index contributed by atoms with van der Waals surface area (Å²) in [5.41, 5.74) is 0.459.